The molecular formula is C6H12N2O2. The van der Waals surface area contributed by atoms with Crippen molar-refractivity contribution >= 4 is 5.97 Å². The van der Waals surface area contributed by atoms with E-state index in [1.807, 2.05) is 0 Å². The van der Waals surface area contributed by atoms with Crippen molar-refractivity contribution in [2.24, 2.45) is 5.73 Å². The molecular weight excluding hydrogens is 132 g/mol. The average molecular weight is 144 g/mol. The monoisotopic (exact) mass is 144 g/mol. The molecule has 0 spiro atoms. The zero-order valence-electron chi connectivity index (χ0n) is 5.71. The van der Waals surface area contributed by atoms with Gasteiger partial charge in [-0.25, -0.2) is 0 Å². The van der Waals surface area contributed by atoms with E-state index in [0.29, 0.717) is 6.42 Å². The second-order valence-corrected chi connectivity index (χ2v) is 2.63. The molecule has 10 heavy (non-hydrogen) atoms. The molecule has 1 fully saturated rings. The van der Waals surface area contributed by atoms with Crippen molar-refractivity contribution in [3.63, 3.8) is 0 Å². The van der Waals surface area contributed by atoms with Gasteiger partial charge in [-0.05, 0) is 19.4 Å². The molecule has 0 aromatic carbocycles. The number of rotatable bonds is 1. The quantitative estimate of drug-likeness (QED) is 0.448. The minimum absolute atomic E-state index is 0.0577. The SMILES string of the molecule is N[C@@H]1CCN[C@@H](C(=O)O)C1. The third kappa shape index (κ3) is 1.68. The van der Waals surface area contributed by atoms with Gasteiger partial charge in [-0.2, -0.15) is 0 Å². The largest absolute Gasteiger partial charge is 0.480 e. The van der Waals surface area contributed by atoms with Crippen LogP contribution in [0.2, 0.25) is 0 Å². The second kappa shape index (κ2) is 2.98. The lowest BCUT2D eigenvalue weighted by Crippen LogP contribution is -2.47. The minimum atomic E-state index is -0.796. The van der Waals surface area contributed by atoms with E-state index in [4.69, 9.17) is 10.8 Å². The van der Waals surface area contributed by atoms with Crippen LogP contribution in [0.4, 0.5) is 0 Å². The van der Waals surface area contributed by atoms with Gasteiger partial charge in [0.25, 0.3) is 0 Å². The highest BCUT2D eigenvalue weighted by atomic mass is 16.4. The summed E-state index contributed by atoms with van der Waals surface area (Å²) in [6, 6.07) is -0.369. The molecule has 2 atom stereocenters. The molecule has 0 unspecified atom stereocenters. The van der Waals surface area contributed by atoms with E-state index < -0.39 is 12.0 Å². The number of carboxylic acid groups (broad SMARTS) is 1. The van der Waals surface area contributed by atoms with Gasteiger partial charge in [0.2, 0.25) is 0 Å². The summed E-state index contributed by atoms with van der Waals surface area (Å²) in [5.41, 5.74) is 5.56. The minimum Gasteiger partial charge on any atom is -0.480 e. The first-order valence-electron chi connectivity index (χ1n) is 3.42. The van der Waals surface area contributed by atoms with Crippen LogP contribution in [-0.2, 0) is 4.79 Å². The number of nitrogens with two attached hydrogens (primary N) is 1. The van der Waals surface area contributed by atoms with E-state index in [2.05, 4.69) is 5.32 Å². The van der Waals surface area contributed by atoms with Crippen LogP contribution in [0.25, 0.3) is 0 Å². The Hall–Kier alpha value is -0.610. The summed E-state index contributed by atoms with van der Waals surface area (Å²) in [6.07, 6.45) is 1.43. The highest BCUT2D eigenvalue weighted by Crippen LogP contribution is 2.05. The molecule has 0 aromatic heterocycles. The zero-order valence-corrected chi connectivity index (χ0v) is 5.71. The number of piperidine rings is 1. The molecule has 0 saturated carbocycles. The van der Waals surface area contributed by atoms with Gasteiger partial charge in [0.15, 0.2) is 0 Å². The Kier molecular flexibility index (Phi) is 2.24. The fourth-order valence-electron chi connectivity index (χ4n) is 1.14. The van der Waals surface area contributed by atoms with Gasteiger partial charge in [0.1, 0.15) is 6.04 Å². The van der Waals surface area contributed by atoms with Gasteiger partial charge >= 0.3 is 5.97 Å². The normalized spacial score (nSPS) is 33.7. The first-order valence-corrected chi connectivity index (χ1v) is 3.42. The average Bonchev–Trinajstić information content (AvgIpc) is 1.88. The smallest absolute Gasteiger partial charge is 0.320 e. The summed E-state index contributed by atoms with van der Waals surface area (Å²) in [7, 11) is 0. The lowest BCUT2D eigenvalue weighted by molar-refractivity contribution is -0.140. The van der Waals surface area contributed by atoms with Crippen LogP contribution in [0.1, 0.15) is 12.8 Å². The fourth-order valence-corrected chi connectivity index (χ4v) is 1.14. The summed E-state index contributed by atoms with van der Waals surface area (Å²) < 4.78 is 0. The van der Waals surface area contributed by atoms with Gasteiger partial charge in [-0.3, -0.25) is 4.79 Å². The van der Waals surface area contributed by atoms with Crippen molar-refractivity contribution in [3.8, 4) is 0 Å². The standard InChI is InChI=1S/C6H12N2O2/c7-4-1-2-8-5(3-4)6(9)10/h4-5,8H,1-3,7H2,(H,9,10)/t4-,5-/m1/s1. The van der Waals surface area contributed by atoms with Crippen LogP contribution in [0.3, 0.4) is 0 Å². The Morgan fingerprint density at radius 2 is 2.40 bits per heavy atom. The predicted molar refractivity (Wildman–Crippen MR) is 36.6 cm³/mol. The molecule has 0 aromatic rings. The Bertz CT molecular complexity index is 138. The Morgan fingerprint density at radius 1 is 1.70 bits per heavy atom. The molecule has 1 aliphatic rings. The van der Waals surface area contributed by atoms with E-state index >= 15 is 0 Å². The molecule has 1 rings (SSSR count). The van der Waals surface area contributed by atoms with E-state index in [1.54, 1.807) is 0 Å². The molecule has 58 valence electrons. The van der Waals surface area contributed by atoms with Gasteiger partial charge in [-0.15, -0.1) is 0 Å². The highest BCUT2D eigenvalue weighted by molar-refractivity contribution is 5.73. The van der Waals surface area contributed by atoms with Crippen LogP contribution < -0.4 is 11.1 Å². The number of nitrogens with one attached hydrogen (secondary N) is 1. The molecule has 4 N–H and O–H groups in total. The molecule has 1 heterocycles. The van der Waals surface area contributed by atoms with Crippen LogP contribution in [0, 0.1) is 0 Å². The highest BCUT2D eigenvalue weighted by Gasteiger charge is 2.23. The fraction of sp³-hybridized carbons (Fsp3) is 0.833. The molecule has 0 amide bonds. The lowest BCUT2D eigenvalue weighted by atomic mass is 10.0. The number of aliphatic carboxylic acids is 1. The number of hydrogen-bond donors (Lipinski definition) is 3. The Balaban J connectivity index is 2.39. The third-order valence-corrected chi connectivity index (χ3v) is 1.74. The van der Waals surface area contributed by atoms with Gasteiger partial charge < -0.3 is 16.2 Å². The maximum Gasteiger partial charge on any atom is 0.320 e. The maximum absolute atomic E-state index is 10.4. The van der Waals surface area contributed by atoms with Crippen molar-refractivity contribution in [3.05, 3.63) is 0 Å². The summed E-state index contributed by atoms with van der Waals surface area (Å²) in [5.74, 6) is -0.796. The second-order valence-electron chi connectivity index (χ2n) is 2.63. The molecule has 4 nitrogen and oxygen atoms in total. The third-order valence-electron chi connectivity index (χ3n) is 1.74. The Labute approximate surface area is 59.4 Å². The van der Waals surface area contributed by atoms with Gasteiger partial charge in [0.05, 0.1) is 0 Å². The lowest BCUT2D eigenvalue weighted by Gasteiger charge is -2.24. The van der Waals surface area contributed by atoms with Gasteiger partial charge in [-0.1, -0.05) is 0 Å². The molecule has 1 saturated heterocycles. The van der Waals surface area contributed by atoms with E-state index in [-0.39, 0.29) is 6.04 Å². The molecule has 1 aliphatic heterocycles. The van der Waals surface area contributed by atoms with Gasteiger partial charge in [0, 0.05) is 6.04 Å². The van der Waals surface area contributed by atoms with Crippen molar-refractivity contribution < 1.29 is 9.90 Å². The Morgan fingerprint density at radius 3 is 2.80 bits per heavy atom. The summed E-state index contributed by atoms with van der Waals surface area (Å²) in [6.45, 7) is 0.720. The van der Waals surface area contributed by atoms with Crippen molar-refractivity contribution in [1.29, 1.82) is 0 Å². The molecule has 0 bridgehead atoms. The zero-order chi connectivity index (χ0) is 7.56. The molecule has 0 radical (unpaired) electrons. The van der Waals surface area contributed by atoms with E-state index in [9.17, 15) is 4.79 Å². The summed E-state index contributed by atoms with van der Waals surface area (Å²) in [4.78, 5) is 10.4. The number of hydrogen-bond acceptors (Lipinski definition) is 3. The van der Waals surface area contributed by atoms with Crippen molar-refractivity contribution in [2.45, 2.75) is 24.9 Å². The number of carboxylic acids is 1. The van der Waals surface area contributed by atoms with Crippen molar-refractivity contribution in [2.75, 3.05) is 6.54 Å². The maximum atomic E-state index is 10.4. The topological polar surface area (TPSA) is 75.3 Å². The van der Waals surface area contributed by atoms with Crippen LogP contribution >= 0.6 is 0 Å². The van der Waals surface area contributed by atoms with Crippen LogP contribution in [-0.4, -0.2) is 29.7 Å². The molecule has 4 heteroatoms. The molecule has 0 aliphatic carbocycles. The number of carbonyl (C=O) groups is 1. The van der Waals surface area contributed by atoms with Crippen LogP contribution in [0.15, 0.2) is 0 Å². The summed E-state index contributed by atoms with van der Waals surface area (Å²) >= 11 is 0. The van der Waals surface area contributed by atoms with E-state index in [0.717, 1.165) is 13.0 Å². The van der Waals surface area contributed by atoms with Crippen molar-refractivity contribution in [1.82, 2.24) is 5.32 Å². The first kappa shape index (κ1) is 7.50. The predicted octanol–water partition coefficient (Wildman–Crippen LogP) is -0.850. The van der Waals surface area contributed by atoms with E-state index in [1.165, 1.54) is 0 Å². The summed E-state index contributed by atoms with van der Waals surface area (Å²) in [5, 5.41) is 11.4. The van der Waals surface area contributed by atoms with Crippen LogP contribution in [0.5, 0.6) is 0 Å². The first-order chi connectivity index (χ1) is 4.70.